The number of ether oxygens (including phenoxy) is 1. The Morgan fingerprint density at radius 1 is 1.35 bits per heavy atom. The highest BCUT2D eigenvalue weighted by atomic mass is 127. The highest BCUT2D eigenvalue weighted by molar-refractivity contribution is 14.1. The number of benzene rings is 1. The second-order valence-electron chi connectivity index (χ2n) is 5.42. The molecule has 0 radical (unpaired) electrons. The zero-order valence-electron chi connectivity index (χ0n) is 10.9. The third-order valence-corrected chi connectivity index (χ3v) is 4.76. The topological polar surface area (TPSA) is 34.2 Å². The van der Waals surface area contributed by atoms with Crippen LogP contribution in [0.25, 0.3) is 10.9 Å². The van der Waals surface area contributed by atoms with Crippen LogP contribution < -0.4 is 5.32 Å². The minimum Gasteiger partial charge on any atom is -0.381 e. The summed E-state index contributed by atoms with van der Waals surface area (Å²) in [6.45, 7) is 1.40. The predicted molar refractivity (Wildman–Crippen MR) is 89.5 cm³/mol. The highest BCUT2D eigenvalue weighted by Gasteiger charge is 2.26. The molecule has 5 heteroatoms. The molecule has 1 aliphatic heterocycles. The normalized spacial score (nSPS) is 18.1. The number of pyridine rings is 1. The second-order valence-corrected chi connectivity index (χ2v) is 7.07. The van der Waals surface area contributed by atoms with E-state index < -0.39 is 0 Å². The van der Waals surface area contributed by atoms with Crippen molar-refractivity contribution < 1.29 is 4.74 Å². The monoisotopic (exact) mass is 400 g/mol. The number of aromatic nitrogens is 1. The van der Waals surface area contributed by atoms with Crippen molar-refractivity contribution in [3.63, 3.8) is 0 Å². The molecule has 3 nitrogen and oxygen atoms in total. The van der Waals surface area contributed by atoms with Gasteiger partial charge in [0.2, 0.25) is 0 Å². The molecule has 1 saturated carbocycles. The summed E-state index contributed by atoms with van der Waals surface area (Å²) in [5.74, 6) is 0. The number of nitrogens with zero attached hydrogens (tertiary/aromatic N) is 1. The maximum atomic E-state index is 6.40. The lowest BCUT2D eigenvalue weighted by Crippen LogP contribution is -2.16. The molecule has 0 atom stereocenters. The van der Waals surface area contributed by atoms with Crippen LogP contribution >= 0.6 is 34.2 Å². The SMILES string of the molecule is Clc1cc(I)cc2c(NC3CC3)c3c(nc12)CCOC3. The molecule has 1 fully saturated rings. The second kappa shape index (κ2) is 5.00. The number of fused-ring (bicyclic) bond motifs is 2. The Hall–Kier alpha value is -0.590. The lowest BCUT2D eigenvalue weighted by molar-refractivity contribution is 0.110. The van der Waals surface area contributed by atoms with Gasteiger partial charge < -0.3 is 10.1 Å². The number of nitrogens with one attached hydrogen (secondary N) is 1. The molecule has 104 valence electrons. The van der Waals surface area contributed by atoms with Gasteiger partial charge in [-0.1, -0.05) is 11.6 Å². The lowest BCUT2D eigenvalue weighted by Gasteiger charge is -2.22. The molecule has 2 heterocycles. The molecule has 1 aromatic heterocycles. The van der Waals surface area contributed by atoms with Crippen LogP contribution in [-0.4, -0.2) is 17.6 Å². The quantitative estimate of drug-likeness (QED) is 0.769. The molecule has 2 aromatic rings. The smallest absolute Gasteiger partial charge is 0.0913 e. The number of rotatable bonds is 2. The van der Waals surface area contributed by atoms with Crippen molar-refractivity contribution in [2.75, 3.05) is 11.9 Å². The summed E-state index contributed by atoms with van der Waals surface area (Å²) >= 11 is 8.71. The van der Waals surface area contributed by atoms with Crippen molar-refractivity contribution >= 4 is 50.8 Å². The van der Waals surface area contributed by atoms with E-state index in [4.69, 9.17) is 21.3 Å². The summed E-state index contributed by atoms with van der Waals surface area (Å²) in [6, 6.07) is 4.74. The van der Waals surface area contributed by atoms with Gasteiger partial charge in [-0.15, -0.1) is 0 Å². The summed E-state index contributed by atoms with van der Waals surface area (Å²) in [4.78, 5) is 4.79. The van der Waals surface area contributed by atoms with Gasteiger partial charge in [-0.05, 0) is 47.6 Å². The summed E-state index contributed by atoms with van der Waals surface area (Å²) in [7, 11) is 0. The first-order valence-corrected chi connectivity index (χ1v) is 8.33. The van der Waals surface area contributed by atoms with E-state index in [0.29, 0.717) is 12.6 Å². The van der Waals surface area contributed by atoms with E-state index in [-0.39, 0.29) is 0 Å². The van der Waals surface area contributed by atoms with Crippen molar-refractivity contribution in [1.29, 1.82) is 0 Å². The molecule has 0 bridgehead atoms. The molecule has 20 heavy (non-hydrogen) atoms. The van der Waals surface area contributed by atoms with Crippen LogP contribution in [0, 0.1) is 3.57 Å². The van der Waals surface area contributed by atoms with E-state index in [1.54, 1.807) is 0 Å². The van der Waals surface area contributed by atoms with E-state index in [2.05, 4.69) is 34.0 Å². The van der Waals surface area contributed by atoms with Crippen LogP contribution in [0.5, 0.6) is 0 Å². The summed E-state index contributed by atoms with van der Waals surface area (Å²) < 4.78 is 6.77. The molecular formula is C15H14ClIN2O. The Kier molecular flexibility index (Phi) is 3.27. The lowest BCUT2D eigenvalue weighted by atomic mass is 10.0. The van der Waals surface area contributed by atoms with Crippen LogP contribution in [0.15, 0.2) is 12.1 Å². The van der Waals surface area contributed by atoms with Gasteiger partial charge >= 0.3 is 0 Å². The average Bonchev–Trinajstić information content (AvgIpc) is 3.24. The molecule has 4 rings (SSSR count). The third kappa shape index (κ3) is 2.27. The Bertz CT molecular complexity index is 700. The van der Waals surface area contributed by atoms with Gasteiger partial charge in [-0.2, -0.15) is 0 Å². The predicted octanol–water partition coefficient (Wildman–Crippen LogP) is 4.14. The fourth-order valence-corrected chi connectivity index (χ4v) is 3.75. The maximum Gasteiger partial charge on any atom is 0.0913 e. The summed E-state index contributed by atoms with van der Waals surface area (Å²) in [5.41, 5.74) is 4.45. The zero-order chi connectivity index (χ0) is 13.7. The van der Waals surface area contributed by atoms with E-state index in [1.165, 1.54) is 24.1 Å². The molecular weight excluding hydrogens is 387 g/mol. The fraction of sp³-hybridized carbons (Fsp3) is 0.400. The first-order valence-electron chi connectivity index (χ1n) is 6.87. The van der Waals surface area contributed by atoms with Gasteiger partial charge in [-0.3, -0.25) is 4.98 Å². The first-order chi connectivity index (χ1) is 9.72. The zero-order valence-corrected chi connectivity index (χ0v) is 13.8. The largest absolute Gasteiger partial charge is 0.381 e. The molecule has 0 spiro atoms. The number of hydrogen-bond acceptors (Lipinski definition) is 3. The molecule has 1 aliphatic carbocycles. The molecule has 2 aliphatic rings. The van der Waals surface area contributed by atoms with Crippen molar-refractivity contribution in [3.8, 4) is 0 Å². The van der Waals surface area contributed by atoms with Gasteiger partial charge in [0.15, 0.2) is 0 Å². The Labute approximate surface area is 136 Å². The van der Waals surface area contributed by atoms with Crippen molar-refractivity contribution in [3.05, 3.63) is 32.0 Å². The Morgan fingerprint density at radius 2 is 2.20 bits per heavy atom. The standard InChI is InChI=1S/C15H14ClIN2O/c16-12-6-8(17)5-10-14(18-9-1-2-9)11-7-20-4-3-13(11)19-15(10)12/h5-6,9H,1-4,7H2,(H,18,19). The minimum absolute atomic E-state index is 0.600. The van der Waals surface area contributed by atoms with E-state index in [0.717, 1.165) is 38.2 Å². The summed E-state index contributed by atoms with van der Waals surface area (Å²) in [5, 5.41) is 5.52. The van der Waals surface area contributed by atoms with Crippen LogP contribution in [0.3, 0.4) is 0 Å². The Morgan fingerprint density at radius 3 is 3.00 bits per heavy atom. The van der Waals surface area contributed by atoms with Gasteiger partial charge in [0.05, 0.1) is 35.1 Å². The average molecular weight is 401 g/mol. The number of halogens is 2. The molecule has 0 amide bonds. The molecule has 1 N–H and O–H groups in total. The minimum atomic E-state index is 0.600. The molecule has 1 aromatic carbocycles. The van der Waals surface area contributed by atoms with Gasteiger partial charge in [0.1, 0.15) is 0 Å². The molecule has 0 saturated heterocycles. The van der Waals surface area contributed by atoms with Crippen molar-refractivity contribution in [2.45, 2.75) is 31.9 Å². The third-order valence-electron chi connectivity index (χ3n) is 3.85. The van der Waals surface area contributed by atoms with Gasteiger partial charge in [0.25, 0.3) is 0 Å². The van der Waals surface area contributed by atoms with Crippen molar-refractivity contribution in [2.24, 2.45) is 0 Å². The van der Waals surface area contributed by atoms with Gasteiger partial charge in [0, 0.05) is 27.0 Å². The molecule has 0 unspecified atom stereocenters. The van der Waals surface area contributed by atoms with Crippen molar-refractivity contribution in [1.82, 2.24) is 4.98 Å². The van der Waals surface area contributed by atoms with E-state index in [1.807, 2.05) is 6.07 Å². The maximum absolute atomic E-state index is 6.40. The number of hydrogen-bond donors (Lipinski definition) is 1. The van der Waals surface area contributed by atoms with Crippen LogP contribution in [0.2, 0.25) is 5.02 Å². The van der Waals surface area contributed by atoms with E-state index >= 15 is 0 Å². The highest BCUT2D eigenvalue weighted by Crippen LogP contribution is 2.38. The summed E-state index contributed by atoms with van der Waals surface area (Å²) in [6.07, 6.45) is 3.36. The van der Waals surface area contributed by atoms with Crippen LogP contribution in [0.4, 0.5) is 5.69 Å². The fourth-order valence-electron chi connectivity index (χ4n) is 2.68. The number of anilines is 1. The van der Waals surface area contributed by atoms with E-state index in [9.17, 15) is 0 Å². The van der Waals surface area contributed by atoms with Gasteiger partial charge in [-0.25, -0.2) is 0 Å². The first kappa shape index (κ1) is 13.1. The Balaban J connectivity index is 2.01. The van der Waals surface area contributed by atoms with Crippen LogP contribution in [-0.2, 0) is 17.8 Å². The van der Waals surface area contributed by atoms with Crippen LogP contribution in [0.1, 0.15) is 24.1 Å².